The lowest BCUT2D eigenvalue weighted by Crippen LogP contribution is -2.46. The van der Waals surface area contributed by atoms with Crippen LogP contribution in [0.15, 0.2) is 42.5 Å². The largest absolute Gasteiger partial charge is 0.480 e. The van der Waals surface area contributed by atoms with Crippen molar-refractivity contribution in [3.63, 3.8) is 0 Å². The summed E-state index contributed by atoms with van der Waals surface area (Å²) in [6.45, 7) is 4.19. The topological polar surface area (TPSA) is 99.8 Å². The summed E-state index contributed by atoms with van der Waals surface area (Å²) in [6, 6.07) is 12.6. The Bertz CT molecular complexity index is 835. The third-order valence-corrected chi connectivity index (χ3v) is 5.15. The Kier molecular flexibility index (Phi) is 6.20. The fourth-order valence-corrected chi connectivity index (χ4v) is 3.71. The van der Waals surface area contributed by atoms with Crippen LogP contribution in [0.1, 0.15) is 19.8 Å². The van der Waals surface area contributed by atoms with E-state index in [-0.39, 0.29) is 18.3 Å². The molecule has 1 aromatic carbocycles. The average molecular weight is 384 g/mol. The van der Waals surface area contributed by atoms with Crippen LogP contribution in [0.2, 0.25) is 0 Å². The number of aromatic nitrogens is 1. The molecule has 0 unspecified atom stereocenters. The first-order chi connectivity index (χ1) is 13.5. The van der Waals surface area contributed by atoms with E-state index in [9.17, 15) is 14.9 Å². The monoisotopic (exact) mass is 384 g/mol. The minimum Gasteiger partial charge on any atom is -0.480 e. The third kappa shape index (κ3) is 4.45. The molecule has 0 bridgehead atoms. The summed E-state index contributed by atoms with van der Waals surface area (Å²) >= 11 is 0. The lowest BCUT2D eigenvalue weighted by molar-refractivity contribution is -0.384. The van der Waals surface area contributed by atoms with Crippen molar-refractivity contribution < 1.29 is 14.8 Å². The van der Waals surface area contributed by atoms with Gasteiger partial charge in [-0.3, -0.25) is 19.8 Å². The SMILES string of the molecule is CCN(CC(=O)O)C1CCN(c2ccc([N+](=O)[O-])c(-c3ccccc3)n2)CC1. The first-order valence-electron chi connectivity index (χ1n) is 9.41. The van der Waals surface area contributed by atoms with Crippen LogP contribution in [0, 0.1) is 10.1 Å². The second-order valence-corrected chi connectivity index (χ2v) is 6.84. The summed E-state index contributed by atoms with van der Waals surface area (Å²) in [5.74, 6) is -0.0991. The van der Waals surface area contributed by atoms with Gasteiger partial charge < -0.3 is 10.0 Å². The van der Waals surface area contributed by atoms with E-state index in [4.69, 9.17) is 5.11 Å². The van der Waals surface area contributed by atoms with E-state index in [1.165, 1.54) is 6.07 Å². The van der Waals surface area contributed by atoms with Crippen molar-refractivity contribution >= 4 is 17.5 Å². The van der Waals surface area contributed by atoms with Gasteiger partial charge in [0.25, 0.3) is 5.69 Å². The molecule has 0 spiro atoms. The molecule has 0 saturated carbocycles. The van der Waals surface area contributed by atoms with Crippen LogP contribution in [0.4, 0.5) is 11.5 Å². The molecule has 8 heteroatoms. The van der Waals surface area contributed by atoms with Crippen molar-refractivity contribution in [2.24, 2.45) is 0 Å². The maximum Gasteiger partial charge on any atom is 0.317 e. The number of anilines is 1. The zero-order valence-corrected chi connectivity index (χ0v) is 15.8. The molecule has 0 aliphatic carbocycles. The zero-order valence-electron chi connectivity index (χ0n) is 15.8. The summed E-state index contributed by atoms with van der Waals surface area (Å²) < 4.78 is 0. The van der Waals surface area contributed by atoms with Crippen molar-refractivity contribution in [1.82, 2.24) is 9.88 Å². The Balaban J connectivity index is 1.78. The molecule has 1 aromatic heterocycles. The van der Waals surface area contributed by atoms with E-state index in [1.54, 1.807) is 6.07 Å². The highest BCUT2D eigenvalue weighted by atomic mass is 16.6. The Morgan fingerprint density at radius 2 is 1.93 bits per heavy atom. The minimum absolute atomic E-state index is 0.0107. The smallest absolute Gasteiger partial charge is 0.317 e. The summed E-state index contributed by atoms with van der Waals surface area (Å²) in [7, 11) is 0. The summed E-state index contributed by atoms with van der Waals surface area (Å²) in [5, 5.41) is 20.5. The molecule has 1 aliphatic heterocycles. The highest BCUT2D eigenvalue weighted by Crippen LogP contribution is 2.31. The number of benzene rings is 1. The summed E-state index contributed by atoms with van der Waals surface area (Å²) in [6.07, 6.45) is 1.67. The standard InChI is InChI=1S/C20H24N4O4/c1-2-22(14-19(25)26)16-10-12-23(13-11-16)18-9-8-17(24(27)28)20(21-18)15-6-4-3-5-7-15/h3-9,16H,2,10-14H2,1H3,(H,25,26). The molecule has 1 aliphatic rings. The highest BCUT2D eigenvalue weighted by molar-refractivity contribution is 5.71. The van der Waals surface area contributed by atoms with Gasteiger partial charge in [-0.2, -0.15) is 0 Å². The van der Waals surface area contributed by atoms with Gasteiger partial charge >= 0.3 is 5.97 Å². The number of piperidine rings is 1. The summed E-state index contributed by atoms with van der Waals surface area (Å²) in [4.78, 5) is 30.8. The lowest BCUT2D eigenvalue weighted by Gasteiger charge is -2.38. The molecule has 148 valence electrons. The Labute approximate surface area is 163 Å². The van der Waals surface area contributed by atoms with Crippen LogP contribution in [0.25, 0.3) is 11.3 Å². The number of carbonyl (C=O) groups is 1. The van der Waals surface area contributed by atoms with Crippen molar-refractivity contribution in [2.75, 3.05) is 31.1 Å². The molecule has 1 saturated heterocycles. The van der Waals surface area contributed by atoms with Gasteiger partial charge in [-0.25, -0.2) is 4.98 Å². The second-order valence-electron chi connectivity index (χ2n) is 6.84. The Hall–Kier alpha value is -3.00. The van der Waals surface area contributed by atoms with E-state index in [0.29, 0.717) is 23.6 Å². The number of hydrogen-bond acceptors (Lipinski definition) is 6. The Morgan fingerprint density at radius 3 is 2.50 bits per heavy atom. The predicted octanol–water partition coefficient (Wildman–Crippen LogP) is 3.03. The maximum atomic E-state index is 11.4. The number of hydrogen-bond donors (Lipinski definition) is 1. The predicted molar refractivity (Wildman–Crippen MR) is 106 cm³/mol. The number of aliphatic carboxylic acids is 1. The molecular formula is C20H24N4O4. The number of likely N-dealkylation sites (N-methyl/N-ethyl adjacent to an activating group) is 1. The van der Waals surface area contributed by atoms with Gasteiger partial charge in [0.1, 0.15) is 5.82 Å². The van der Waals surface area contributed by atoms with Gasteiger partial charge in [0.05, 0.1) is 11.5 Å². The first-order valence-corrected chi connectivity index (χ1v) is 9.41. The van der Waals surface area contributed by atoms with Gasteiger partial charge in [0.15, 0.2) is 5.69 Å². The van der Waals surface area contributed by atoms with Crippen molar-refractivity contribution in [2.45, 2.75) is 25.8 Å². The number of pyridine rings is 1. The van der Waals surface area contributed by atoms with Gasteiger partial charge in [-0.15, -0.1) is 0 Å². The molecule has 1 N–H and O–H groups in total. The fraction of sp³-hybridized carbons (Fsp3) is 0.400. The Morgan fingerprint density at radius 1 is 1.25 bits per heavy atom. The number of nitro groups is 1. The van der Waals surface area contributed by atoms with Crippen LogP contribution < -0.4 is 4.90 Å². The van der Waals surface area contributed by atoms with Crippen LogP contribution in [-0.2, 0) is 4.79 Å². The number of rotatable bonds is 7. The molecule has 3 rings (SSSR count). The van der Waals surface area contributed by atoms with E-state index in [2.05, 4.69) is 9.88 Å². The van der Waals surface area contributed by atoms with Crippen LogP contribution in [0.3, 0.4) is 0 Å². The molecule has 2 aromatic rings. The lowest BCUT2D eigenvalue weighted by atomic mass is 10.0. The zero-order chi connectivity index (χ0) is 20.1. The average Bonchev–Trinajstić information content (AvgIpc) is 2.72. The normalized spacial score (nSPS) is 15.0. The molecule has 0 amide bonds. The van der Waals surface area contributed by atoms with Crippen LogP contribution in [-0.4, -0.2) is 58.1 Å². The van der Waals surface area contributed by atoms with Gasteiger partial charge in [0.2, 0.25) is 0 Å². The van der Waals surface area contributed by atoms with E-state index >= 15 is 0 Å². The van der Waals surface area contributed by atoms with Gasteiger partial charge in [-0.05, 0) is 25.5 Å². The molecule has 0 atom stereocenters. The molecule has 28 heavy (non-hydrogen) atoms. The summed E-state index contributed by atoms with van der Waals surface area (Å²) in [5.41, 5.74) is 1.07. The molecule has 1 fully saturated rings. The molecule has 2 heterocycles. The van der Waals surface area contributed by atoms with Crippen molar-refractivity contribution in [1.29, 1.82) is 0 Å². The van der Waals surface area contributed by atoms with Gasteiger partial charge in [-0.1, -0.05) is 37.3 Å². The second kappa shape index (κ2) is 8.79. The van der Waals surface area contributed by atoms with Crippen LogP contribution in [0.5, 0.6) is 0 Å². The molecule has 8 nitrogen and oxygen atoms in total. The van der Waals surface area contributed by atoms with E-state index < -0.39 is 10.9 Å². The number of carboxylic acids is 1. The number of nitrogens with zero attached hydrogens (tertiary/aromatic N) is 4. The van der Waals surface area contributed by atoms with Crippen molar-refractivity contribution in [3.8, 4) is 11.3 Å². The third-order valence-electron chi connectivity index (χ3n) is 5.15. The fourth-order valence-electron chi connectivity index (χ4n) is 3.71. The first kappa shape index (κ1) is 19.8. The molecular weight excluding hydrogens is 360 g/mol. The molecule has 0 radical (unpaired) electrons. The number of carboxylic acid groups (broad SMARTS) is 1. The minimum atomic E-state index is -0.811. The van der Waals surface area contributed by atoms with E-state index in [1.807, 2.05) is 42.2 Å². The van der Waals surface area contributed by atoms with Gasteiger partial charge in [0, 0.05) is 30.8 Å². The van der Waals surface area contributed by atoms with Crippen LogP contribution >= 0.6 is 0 Å². The maximum absolute atomic E-state index is 11.4. The van der Waals surface area contributed by atoms with Crippen molar-refractivity contribution in [3.05, 3.63) is 52.6 Å². The quantitative estimate of drug-likeness (QED) is 0.578. The highest BCUT2D eigenvalue weighted by Gasteiger charge is 2.27. The van der Waals surface area contributed by atoms with E-state index in [0.717, 1.165) is 25.9 Å².